The maximum Gasteiger partial charge on any atom is 0.207 e. The molecule has 1 atom stereocenters. The van der Waals surface area contributed by atoms with Gasteiger partial charge in [-0.15, -0.1) is 0 Å². The van der Waals surface area contributed by atoms with Crippen molar-refractivity contribution in [3.05, 3.63) is 0 Å². The van der Waals surface area contributed by atoms with E-state index in [0.717, 1.165) is 19.1 Å². The van der Waals surface area contributed by atoms with E-state index >= 15 is 0 Å². The minimum Gasteiger partial charge on any atom is -0.359 e. The molecule has 11 heavy (non-hydrogen) atoms. The quantitative estimate of drug-likeness (QED) is 0.380. The van der Waals surface area contributed by atoms with Crippen LogP contribution in [0.2, 0.25) is 0 Å². The number of hydrogen-bond acceptors (Lipinski definition) is 3. The van der Waals surface area contributed by atoms with Gasteiger partial charge in [-0.2, -0.15) is 0 Å². The van der Waals surface area contributed by atoms with Gasteiger partial charge >= 0.3 is 0 Å². The average Bonchev–Trinajstić information content (AvgIpc) is 2.05. The van der Waals surface area contributed by atoms with Crippen molar-refractivity contribution >= 4 is 12.7 Å². The van der Waals surface area contributed by atoms with Gasteiger partial charge in [-0.3, -0.25) is 4.79 Å². The molecule has 1 amide bonds. The van der Waals surface area contributed by atoms with E-state index in [4.69, 9.17) is 0 Å². The Hall–Kier alpha value is -0.900. The van der Waals surface area contributed by atoms with Crippen molar-refractivity contribution in [1.82, 2.24) is 10.6 Å². The molecule has 0 aromatic rings. The lowest BCUT2D eigenvalue weighted by atomic mass is 10.2. The Bertz CT molecular complexity index is 117. The van der Waals surface area contributed by atoms with Crippen LogP contribution in [0.15, 0.2) is 0 Å². The highest BCUT2D eigenvalue weighted by Gasteiger charge is 2.01. The first kappa shape index (κ1) is 10.1. The van der Waals surface area contributed by atoms with Gasteiger partial charge in [-0.1, -0.05) is 0 Å². The number of amides is 1. The Morgan fingerprint density at radius 2 is 2.18 bits per heavy atom. The summed E-state index contributed by atoms with van der Waals surface area (Å²) in [5, 5.41) is 5.37. The highest BCUT2D eigenvalue weighted by molar-refractivity contribution is 5.57. The van der Waals surface area contributed by atoms with Crippen LogP contribution in [0.3, 0.4) is 0 Å². The maximum absolute atomic E-state index is 10.2. The molecule has 0 saturated carbocycles. The van der Waals surface area contributed by atoms with Crippen molar-refractivity contribution in [3.8, 4) is 0 Å². The van der Waals surface area contributed by atoms with Gasteiger partial charge in [-0.25, -0.2) is 0 Å². The molecule has 4 nitrogen and oxygen atoms in total. The van der Waals surface area contributed by atoms with E-state index in [-0.39, 0.29) is 6.04 Å². The molecule has 0 aromatic carbocycles. The molecule has 2 N–H and O–H groups in total. The fraction of sp³-hybridized carbons (Fsp3) is 0.714. The lowest BCUT2D eigenvalue weighted by Gasteiger charge is -2.06. The van der Waals surface area contributed by atoms with E-state index in [9.17, 15) is 9.59 Å². The second kappa shape index (κ2) is 7.21. The standard InChI is InChI=1S/C7H14N2O2/c1-8-7(5-10)3-2-4-9-6-11/h5-8H,2-4H2,1H3,(H,9,11). The first-order chi connectivity index (χ1) is 5.35. The molecule has 0 fully saturated rings. The fourth-order valence-electron chi connectivity index (χ4n) is 0.763. The number of hydrogen-bond donors (Lipinski definition) is 2. The maximum atomic E-state index is 10.2. The van der Waals surface area contributed by atoms with Gasteiger partial charge in [0, 0.05) is 6.54 Å². The summed E-state index contributed by atoms with van der Waals surface area (Å²) >= 11 is 0. The van der Waals surface area contributed by atoms with Gasteiger partial charge in [0.15, 0.2) is 0 Å². The van der Waals surface area contributed by atoms with E-state index in [1.807, 2.05) is 0 Å². The van der Waals surface area contributed by atoms with Gasteiger partial charge < -0.3 is 15.4 Å². The van der Waals surface area contributed by atoms with Gasteiger partial charge in [0.1, 0.15) is 6.29 Å². The summed E-state index contributed by atoms with van der Waals surface area (Å²) < 4.78 is 0. The molecule has 0 spiro atoms. The lowest BCUT2D eigenvalue weighted by molar-refractivity contribution is -0.109. The second-order valence-corrected chi connectivity index (χ2v) is 2.25. The van der Waals surface area contributed by atoms with Crippen LogP contribution in [0.25, 0.3) is 0 Å². The summed E-state index contributed by atoms with van der Waals surface area (Å²) in [5.74, 6) is 0. The van der Waals surface area contributed by atoms with Gasteiger partial charge in [0.05, 0.1) is 6.04 Å². The Kier molecular flexibility index (Phi) is 6.62. The topological polar surface area (TPSA) is 58.2 Å². The largest absolute Gasteiger partial charge is 0.359 e. The van der Waals surface area contributed by atoms with Crippen LogP contribution in [0.5, 0.6) is 0 Å². The first-order valence-electron chi connectivity index (χ1n) is 3.64. The zero-order valence-corrected chi connectivity index (χ0v) is 6.67. The SMILES string of the molecule is CNC(C=O)CCCNC=O. The molecule has 0 rings (SSSR count). The normalized spacial score (nSPS) is 12.1. The summed E-state index contributed by atoms with van der Waals surface area (Å²) in [6.45, 7) is 0.634. The highest BCUT2D eigenvalue weighted by atomic mass is 16.1. The van der Waals surface area contributed by atoms with Crippen LogP contribution in [0.1, 0.15) is 12.8 Å². The summed E-state index contributed by atoms with van der Waals surface area (Å²) in [7, 11) is 1.74. The molecule has 0 aliphatic rings. The molecule has 0 heterocycles. The van der Waals surface area contributed by atoms with Gasteiger partial charge in [0.25, 0.3) is 0 Å². The van der Waals surface area contributed by atoms with E-state index < -0.39 is 0 Å². The minimum atomic E-state index is -0.0801. The lowest BCUT2D eigenvalue weighted by Crippen LogP contribution is -2.27. The Morgan fingerprint density at radius 3 is 2.64 bits per heavy atom. The Balaban J connectivity index is 3.20. The van der Waals surface area contributed by atoms with Gasteiger partial charge in [0.2, 0.25) is 6.41 Å². The minimum absolute atomic E-state index is 0.0801. The second-order valence-electron chi connectivity index (χ2n) is 2.25. The number of aldehydes is 1. The third-order valence-corrected chi connectivity index (χ3v) is 1.45. The number of carbonyl (C=O) groups is 2. The van der Waals surface area contributed by atoms with Crippen LogP contribution in [-0.2, 0) is 9.59 Å². The summed E-state index contributed by atoms with van der Waals surface area (Å²) in [4.78, 5) is 20.0. The van der Waals surface area contributed by atoms with E-state index in [1.165, 1.54) is 0 Å². The summed E-state index contributed by atoms with van der Waals surface area (Å²) in [6, 6.07) is -0.0801. The zero-order chi connectivity index (χ0) is 8.53. The summed E-state index contributed by atoms with van der Waals surface area (Å²) in [5.41, 5.74) is 0. The third kappa shape index (κ3) is 5.54. The van der Waals surface area contributed by atoms with Crippen molar-refractivity contribution in [1.29, 1.82) is 0 Å². The molecule has 0 bridgehead atoms. The molecular formula is C7H14N2O2. The smallest absolute Gasteiger partial charge is 0.207 e. The van der Waals surface area contributed by atoms with Gasteiger partial charge in [-0.05, 0) is 19.9 Å². The van der Waals surface area contributed by atoms with Crippen molar-refractivity contribution in [2.75, 3.05) is 13.6 Å². The molecule has 64 valence electrons. The number of likely N-dealkylation sites (N-methyl/N-ethyl adjacent to an activating group) is 1. The predicted molar refractivity (Wildman–Crippen MR) is 42.2 cm³/mol. The monoisotopic (exact) mass is 158 g/mol. The molecule has 4 heteroatoms. The van der Waals surface area contributed by atoms with Crippen molar-refractivity contribution in [3.63, 3.8) is 0 Å². The van der Waals surface area contributed by atoms with E-state index in [0.29, 0.717) is 13.0 Å². The summed E-state index contributed by atoms with van der Waals surface area (Å²) in [6.07, 6.45) is 3.13. The van der Waals surface area contributed by atoms with E-state index in [2.05, 4.69) is 10.6 Å². The molecule has 0 aliphatic carbocycles. The first-order valence-corrected chi connectivity index (χ1v) is 3.64. The average molecular weight is 158 g/mol. The highest BCUT2D eigenvalue weighted by Crippen LogP contribution is 1.91. The molecule has 0 saturated heterocycles. The number of nitrogens with one attached hydrogen (secondary N) is 2. The Labute approximate surface area is 66.4 Å². The van der Waals surface area contributed by atoms with Crippen LogP contribution < -0.4 is 10.6 Å². The molecule has 0 aromatic heterocycles. The molecule has 0 radical (unpaired) electrons. The van der Waals surface area contributed by atoms with Crippen LogP contribution >= 0.6 is 0 Å². The fourth-order valence-corrected chi connectivity index (χ4v) is 0.763. The molecular weight excluding hydrogens is 144 g/mol. The number of carbonyl (C=O) groups excluding carboxylic acids is 2. The molecule has 1 unspecified atom stereocenters. The van der Waals surface area contributed by atoms with Crippen molar-refractivity contribution in [2.24, 2.45) is 0 Å². The van der Waals surface area contributed by atoms with Crippen LogP contribution in [0.4, 0.5) is 0 Å². The predicted octanol–water partition coefficient (Wildman–Crippen LogP) is -0.701. The van der Waals surface area contributed by atoms with Crippen molar-refractivity contribution < 1.29 is 9.59 Å². The van der Waals surface area contributed by atoms with E-state index in [1.54, 1.807) is 7.05 Å². The van der Waals surface area contributed by atoms with Crippen molar-refractivity contribution in [2.45, 2.75) is 18.9 Å². The molecule has 0 aliphatic heterocycles. The number of rotatable bonds is 7. The third-order valence-electron chi connectivity index (χ3n) is 1.45. The zero-order valence-electron chi connectivity index (χ0n) is 6.67. The van der Waals surface area contributed by atoms with Crippen LogP contribution in [0, 0.1) is 0 Å². The van der Waals surface area contributed by atoms with Crippen LogP contribution in [-0.4, -0.2) is 32.3 Å². The Morgan fingerprint density at radius 1 is 1.45 bits per heavy atom.